The van der Waals surface area contributed by atoms with E-state index < -0.39 is 0 Å². The summed E-state index contributed by atoms with van der Waals surface area (Å²) in [5.41, 5.74) is 7.92. The molecule has 1 unspecified atom stereocenters. The second-order valence-electron chi connectivity index (χ2n) is 5.28. The number of hydrogen-bond acceptors (Lipinski definition) is 3. The molecule has 0 bridgehead atoms. The van der Waals surface area contributed by atoms with Gasteiger partial charge in [-0.15, -0.1) is 0 Å². The smallest absolute Gasteiger partial charge is 0.0491 e. The molecule has 1 aliphatic rings. The number of nitrogens with zero attached hydrogens (tertiary/aromatic N) is 1. The third-order valence-corrected chi connectivity index (χ3v) is 4.02. The number of benzene rings is 1. The van der Waals surface area contributed by atoms with Gasteiger partial charge in [-0.05, 0) is 56.5 Å². The summed E-state index contributed by atoms with van der Waals surface area (Å²) in [5.74, 6) is 0.741. The molecule has 3 heteroatoms. The van der Waals surface area contributed by atoms with E-state index in [9.17, 15) is 0 Å². The molecule has 2 N–H and O–H groups in total. The van der Waals surface area contributed by atoms with Gasteiger partial charge >= 0.3 is 0 Å². The van der Waals surface area contributed by atoms with Gasteiger partial charge in [-0.3, -0.25) is 4.90 Å². The van der Waals surface area contributed by atoms with E-state index in [0.29, 0.717) is 6.04 Å². The van der Waals surface area contributed by atoms with Gasteiger partial charge in [0.05, 0.1) is 0 Å². The van der Waals surface area contributed by atoms with Gasteiger partial charge < -0.3 is 10.5 Å². The number of piperidine rings is 1. The molecule has 1 aromatic rings. The fourth-order valence-corrected chi connectivity index (χ4v) is 2.73. The van der Waals surface area contributed by atoms with Crippen LogP contribution in [0, 0.1) is 5.92 Å². The maximum absolute atomic E-state index is 5.73. The molecule has 100 valence electrons. The Morgan fingerprint density at radius 2 is 1.89 bits per heavy atom. The lowest BCUT2D eigenvalue weighted by atomic mass is 9.95. The topological polar surface area (TPSA) is 38.5 Å². The highest BCUT2D eigenvalue weighted by Crippen LogP contribution is 2.27. The minimum absolute atomic E-state index is 0.481. The van der Waals surface area contributed by atoms with Crippen molar-refractivity contribution in [1.82, 2.24) is 4.90 Å². The van der Waals surface area contributed by atoms with Gasteiger partial charge in [-0.1, -0.05) is 12.1 Å². The number of likely N-dealkylation sites (tertiary alicyclic amines) is 1. The van der Waals surface area contributed by atoms with Crippen LogP contribution >= 0.6 is 0 Å². The Balaban J connectivity index is 1.91. The van der Waals surface area contributed by atoms with Crippen molar-refractivity contribution in [3.63, 3.8) is 0 Å². The van der Waals surface area contributed by atoms with E-state index in [-0.39, 0.29) is 0 Å². The number of rotatable bonds is 4. The summed E-state index contributed by atoms with van der Waals surface area (Å²) in [6.07, 6.45) is 2.49. The second-order valence-corrected chi connectivity index (χ2v) is 5.28. The van der Waals surface area contributed by atoms with Crippen LogP contribution in [0.15, 0.2) is 24.3 Å². The Kier molecular flexibility index (Phi) is 4.61. The highest BCUT2D eigenvalue weighted by atomic mass is 16.5. The van der Waals surface area contributed by atoms with Crippen molar-refractivity contribution in [1.29, 1.82) is 0 Å². The maximum atomic E-state index is 5.73. The van der Waals surface area contributed by atoms with E-state index in [4.69, 9.17) is 10.5 Å². The van der Waals surface area contributed by atoms with Gasteiger partial charge in [0.25, 0.3) is 0 Å². The monoisotopic (exact) mass is 248 g/mol. The average molecular weight is 248 g/mol. The molecule has 1 atom stereocenters. The molecule has 3 nitrogen and oxygen atoms in total. The van der Waals surface area contributed by atoms with E-state index in [1.807, 2.05) is 12.1 Å². The van der Waals surface area contributed by atoms with Crippen molar-refractivity contribution >= 4 is 5.69 Å². The Bertz CT molecular complexity index is 355. The summed E-state index contributed by atoms with van der Waals surface area (Å²) in [7, 11) is 1.80. The SMILES string of the molecule is COCC1CCN(C(C)c2ccc(N)cc2)CC1. The van der Waals surface area contributed by atoms with E-state index >= 15 is 0 Å². The Morgan fingerprint density at radius 3 is 2.44 bits per heavy atom. The zero-order chi connectivity index (χ0) is 13.0. The largest absolute Gasteiger partial charge is 0.399 e. The first-order chi connectivity index (χ1) is 8.70. The minimum Gasteiger partial charge on any atom is -0.399 e. The lowest BCUT2D eigenvalue weighted by Crippen LogP contribution is -2.36. The summed E-state index contributed by atoms with van der Waals surface area (Å²) in [6.45, 7) is 5.52. The summed E-state index contributed by atoms with van der Waals surface area (Å²) >= 11 is 0. The van der Waals surface area contributed by atoms with E-state index in [1.54, 1.807) is 7.11 Å². The van der Waals surface area contributed by atoms with Crippen molar-refractivity contribution in [2.24, 2.45) is 5.92 Å². The lowest BCUT2D eigenvalue weighted by Gasteiger charge is -2.36. The number of anilines is 1. The molecule has 1 fully saturated rings. The zero-order valence-corrected chi connectivity index (χ0v) is 11.4. The number of methoxy groups -OCH3 is 1. The predicted octanol–water partition coefficient (Wildman–Crippen LogP) is 2.69. The molecule has 0 amide bonds. The maximum Gasteiger partial charge on any atom is 0.0491 e. The van der Waals surface area contributed by atoms with Crippen LogP contribution in [0.3, 0.4) is 0 Å². The molecule has 2 rings (SSSR count). The second kappa shape index (κ2) is 6.21. The van der Waals surface area contributed by atoms with Gasteiger partial charge in [-0.2, -0.15) is 0 Å². The van der Waals surface area contributed by atoms with Crippen LogP contribution in [0.1, 0.15) is 31.4 Å². The normalized spacial score (nSPS) is 19.9. The summed E-state index contributed by atoms with van der Waals surface area (Å²) in [5, 5.41) is 0. The quantitative estimate of drug-likeness (QED) is 0.833. The van der Waals surface area contributed by atoms with Crippen LogP contribution in [-0.4, -0.2) is 31.7 Å². The Morgan fingerprint density at radius 1 is 1.28 bits per heavy atom. The van der Waals surface area contributed by atoms with Crippen molar-refractivity contribution in [2.45, 2.75) is 25.8 Å². The van der Waals surface area contributed by atoms with Crippen LogP contribution in [0.2, 0.25) is 0 Å². The molecule has 1 saturated heterocycles. The summed E-state index contributed by atoms with van der Waals surface area (Å²) in [4.78, 5) is 2.55. The predicted molar refractivity (Wildman–Crippen MR) is 75.4 cm³/mol. The highest BCUT2D eigenvalue weighted by Gasteiger charge is 2.23. The zero-order valence-electron chi connectivity index (χ0n) is 11.4. The molecular formula is C15H24N2O. The first kappa shape index (κ1) is 13.4. The first-order valence-corrected chi connectivity index (χ1v) is 6.79. The van der Waals surface area contributed by atoms with Crippen LogP contribution in [0.4, 0.5) is 5.69 Å². The van der Waals surface area contributed by atoms with Gasteiger partial charge in [-0.25, -0.2) is 0 Å². The third kappa shape index (κ3) is 3.24. The van der Waals surface area contributed by atoms with Crippen molar-refractivity contribution in [3.8, 4) is 0 Å². The number of ether oxygens (including phenoxy) is 1. The molecule has 18 heavy (non-hydrogen) atoms. The van der Waals surface area contributed by atoms with Crippen molar-refractivity contribution in [3.05, 3.63) is 29.8 Å². The number of nitrogen functional groups attached to an aromatic ring is 1. The van der Waals surface area contributed by atoms with Crippen LogP contribution in [-0.2, 0) is 4.74 Å². The lowest BCUT2D eigenvalue weighted by molar-refractivity contribution is 0.0833. The number of nitrogens with two attached hydrogens (primary N) is 1. The fraction of sp³-hybridized carbons (Fsp3) is 0.600. The molecule has 1 heterocycles. The number of hydrogen-bond donors (Lipinski definition) is 1. The Hall–Kier alpha value is -1.06. The van der Waals surface area contributed by atoms with Gasteiger partial charge in [0.15, 0.2) is 0 Å². The highest BCUT2D eigenvalue weighted by molar-refractivity contribution is 5.40. The molecule has 0 aromatic heterocycles. The third-order valence-electron chi connectivity index (χ3n) is 4.02. The summed E-state index contributed by atoms with van der Waals surface area (Å²) in [6, 6.07) is 8.74. The molecule has 0 radical (unpaired) electrons. The van der Waals surface area contributed by atoms with E-state index in [0.717, 1.165) is 18.2 Å². The minimum atomic E-state index is 0.481. The van der Waals surface area contributed by atoms with Gasteiger partial charge in [0, 0.05) is 25.4 Å². The Labute approximate surface area is 110 Å². The van der Waals surface area contributed by atoms with E-state index in [2.05, 4.69) is 24.0 Å². The van der Waals surface area contributed by atoms with Gasteiger partial charge in [0.2, 0.25) is 0 Å². The molecule has 1 aromatic carbocycles. The van der Waals surface area contributed by atoms with Crippen molar-refractivity contribution in [2.75, 3.05) is 32.5 Å². The van der Waals surface area contributed by atoms with Crippen LogP contribution in [0.25, 0.3) is 0 Å². The molecule has 0 saturated carbocycles. The first-order valence-electron chi connectivity index (χ1n) is 6.79. The molecule has 0 spiro atoms. The molecule has 1 aliphatic heterocycles. The summed E-state index contributed by atoms with van der Waals surface area (Å²) < 4.78 is 5.24. The molecular weight excluding hydrogens is 224 g/mol. The molecule has 0 aliphatic carbocycles. The van der Waals surface area contributed by atoms with Gasteiger partial charge in [0.1, 0.15) is 0 Å². The van der Waals surface area contributed by atoms with E-state index in [1.165, 1.54) is 31.5 Å². The van der Waals surface area contributed by atoms with Crippen molar-refractivity contribution < 1.29 is 4.74 Å². The average Bonchev–Trinajstić information content (AvgIpc) is 2.40. The standard InChI is InChI=1S/C15H24N2O/c1-12(14-3-5-15(16)6-4-14)17-9-7-13(8-10-17)11-18-2/h3-6,12-13H,7-11,16H2,1-2H3. The van der Waals surface area contributed by atoms with Crippen LogP contribution in [0.5, 0.6) is 0 Å². The fourth-order valence-electron chi connectivity index (χ4n) is 2.73. The van der Waals surface area contributed by atoms with Crippen LogP contribution < -0.4 is 5.73 Å².